The molecule has 0 saturated carbocycles. The first-order valence-electron chi connectivity index (χ1n) is 6.52. The Hall–Kier alpha value is -1.62. The van der Waals surface area contributed by atoms with Crippen LogP contribution in [0.3, 0.4) is 0 Å². The number of benzene rings is 1. The van der Waals surface area contributed by atoms with E-state index in [-0.39, 0.29) is 11.7 Å². The third-order valence-electron chi connectivity index (χ3n) is 2.68. The Labute approximate surface area is 113 Å². The smallest absolute Gasteiger partial charge is 0.260 e. The summed E-state index contributed by atoms with van der Waals surface area (Å²) in [6.07, 6.45) is 0.618. The largest absolute Gasteiger partial charge is 0.478 e. The number of para-hydroxylation sites is 1. The zero-order valence-electron chi connectivity index (χ0n) is 11.4. The standard InChI is InChI=1S/C14H21FN2O2/c1-3-9-17-14(18)10(2)19-13-11(7-8-16)5-4-6-12(13)15/h4-6,10H,3,7-9,16H2,1-2H3,(H,17,18). The minimum atomic E-state index is -0.736. The number of nitrogens with one attached hydrogen (secondary N) is 1. The molecule has 0 heterocycles. The van der Waals surface area contributed by atoms with Gasteiger partial charge in [-0.3, -0.25) is 4.79 Å². The molecule has 5 heteroatoms. The SMILES string of the molecule is CCCNC(=O)C(C)Oc1c(F)cccc1CCN. The summed E-state index contributed by atoms with van der Waals surface area (Å²) in [5.41, 5.74) is 6.16. The lowest BCUT2D eigenvalue weighted by molar-refractivity contribution is -0.127. The molecular formula is C14H21FN2O2. The van der Waals surface area contributed by atoms with Gasteiger partial charge in [0, 0.05) is 6.54 Å². The van der Waals surface area contributed by atoms with Gasteiger partial charge in [0.05, 0.1) is 0 Å². The van der Waals surface area contributed by atoms with E-state index in [9.17, 15) is 9.18 Å². The minimum Gasteiger partial charge on any atom is -0.478 e. The average molecular weight is 268 g/mol. The van der Waals surface area contributed by atoms with Crippen LogP contribution in [0.5, 0.6) is 5.75 Å². The Kier molecular flexibility index (Phi) is 6.29. The van der Waals surface area contributed by atoms with E-state index < -0.39 is 11.9 Å². The van der Waals surface area contributed by atoms with Crippen LogP contribution in [0.25, 0.3) is 0 Å². The molecule has 0 aliphatic rings. The van der Waals surface area contributed by atoms with Crippen LogP contribution in [0, 0.1) is 5.82 Å². The molecule has 19 heavy (non-hydrogen) atoms. The zero-order valence-corrected chi connectivity index (χ0v) is 11.4. The topological polar surface area (TPSA) is 64.3 Å². The van der Waals surface area contributed by atoms with Crippen molar-refractivity contribution in [1.29, 1.82) is 0 Å². The molecule has 0 radical (unpaired) electrons. The van der Waals surface area contributed by atoms with Gasteiger partial charge < -0.3 is 15.8 Å². The van der Waals surface area contributed by atoms with Crippen LogP contribution in [0.2, 0.25) is 0 Å². The summed E-state index contributed by atoms with van der Waals surface area (Å²) in [7, 11) is 0. The minimum absolute atomic E-state index is 0.118. The van der Waals surface area contributed by atoms with Crippen LogP contribution in [0.4, 0.5) is 4.39 Å². The van der Waals surface area contributed by atoms with Crippen molar-refractivity contribution in [2.75, 3.05) is 13.1 Å². The molecule has 1 amide bonds. The van der Waals surface area contributed by atoms with Gasteiger partial charge in [0.1, 0.15) is 0 Å². The molecule has 0 spiro atoms. The molecule has 3 N–H and O–H groups in total. The normalized spacial score (nSPS) is 12.0. The van der Waals surface area contributed by atoms with Crippen molar-refractivity contribution in [3.05, 3.63) is 29.6 Å². The predicted octanol–water partition coefficient (Wildman–Crippen LogP) is 1.62. The Morgan fingerprint density at radius 2 is 2.26 bits per heavy atom. The first kappa shape index (κ1) is 15.4. The van der Waals surface area contributed by atoms with Crippen LogP contribution < -0.4 is 15.8 Å². The summed E-state index contributed by atoms with van der Waals surface area (Å²) in [6.45, 7) is 4.54. The van der Waals surface area contributed by atoms with Gasteiger partial charge in [-0.05, 0) is 37.9 Å². The fourth-order valence-electron chi connectivity index (χ4n) is 1.66. The van der Waals surface area contributed by atoms with Gasteiger partial charge in [-0.1, -0.05) is 19.1 Å². The molecule has 0 aliphatic heterocycles. The van der Waals surface area contributed by atoms with E-state index >= 15 is 0 Å². The van der Waals surface area contributed by atoms with Gasteiger partial charge in [-0.2, -0.15) is 0 Å². The Bertz CT molecular complexity index is 424. The fraction of sp³-hybridized carbons (Fsp3) is 0.500. The first-order valence-corrected chi connectivity index (χ1v) is 6.52. The van der Waals surface area contributed by atoms with Crippen molar-refractivity contribution >= 4 is 5.91 Å². The van der Waals surface area contributed by atoms with Gasteiger partial charge >= 0.3 is 0 Å². The number of hydrogen-bond donors (Lipinski definition) is 2. The molecule has 4 nitrogen and oxygen atoms in total. The third-order valence-corrected chi connectivity index (χ3v) is 2.68. The van der Waals surface area contributed by atoms with E-state index in [4.69, 9.17) is 10.5 Å². The summed E-state index contributed by atoms with van der Waals surface area (Å²) in [4.78, 5) is 11.7. The van der Waals surface area contributed by atoms with Gasteiger partial charge in [0.15, 0.2) is 17.7 Å². The van der Waals surface area contributed by atoms with E-state index in [0.717, 1.165) is 6.42 Å². The lowest BCUT2D eigenvalue weighted by Gasteiger charge is -2.17. The number of amides is 1. The first-order chi connectivity index (χ1) is 9.10. The third kappa shape index (κ3) is 4.52. The predicted molar refractivity (Wildman–Crippen MR) is 72.5 cm³/mol. The second kappa shape index (κ2) is 7.74. The second-order valence-corrected chi connectivity index (χ2v) is 4.32. The molecule has 0 bridgehead atoms. The summed E-state index contributed by atoms with van der Waals surface area (Å²) in [6, 6.07) is 4.67. The quantitative estimate of drug-likeness (QED) is 0.790. The van der Waals surface area contributed by atoms with E-state index in [1.807, 2.05) is 6.92 Å². The molecule has 1 unspecified atom stereocenters. The van der Waals surface area contributed by atoms with Crippen molar-refractivity contribution in [1.82, 2.24) is 5.32 Å². The number of ether oxygens (including phenoxy) is 1. The highest BCUT2D eigenvalue weighted by molar-refractivity contribution is 5.80. The molecule has 1 atom stereocenters. The van der Waals surface area contributed by atoms with Gasteiger partial charge in [-0.15, -0.1) is 0 Å². The van der Waals surface area contributed by atoms with Crippen molar-refractivity contribution < 1.29 is 13.9 Å². The molecule has 0 aromatic heterocycles. The lowest BCUT2D eigenvalue weighted by atomic mass is 10.1. The zero-order chi connectivity index (χ0) is 14.3. The fourth-order valence-corrected chi connectivity index (χ4v) is 1.66. The highest BCUT2D eigenvalue weighted by Gasteiger charge is 2.18. The summed E-state index contributed by atoms with van der Waals surface area (Å²) in [5.74, 6) is -0.600. The second-order valence-electron chi connectivity index (χ2n) is 4.32. The van der Waals surface area contributed by atoms with Crippen molar-refractivity contribution in [3.8, 4) is 5.75 Å². The maximum Gasteiger partial charge on any atom is 0.260 e. The molecule has 0 saturated heterocycles. The van der Waals surface area contributed by atoms with E-state index in [2.05, 4.69) is 5.32 Å². The van der Waals surface area contributed by atoms with Crippen molar-refractivity contribution in [2.45, 2.75) is 32.8 Å². The van der Waals surface area contributed by atoms with Gasteiger partial charge in [-0.25, -0.2) is 4.39 Å². The van der Waals surface area contributed by atoms with E-state index in [1.165, 1.54) is 6.07 Å². The maximum atomic E-state index is 13.8. The van der Waals surface area contributed by atoms with Crippen molar-refractivity contribution in [3.63, 3.8) is 0 Å². The summed E-state index contributed by atoms with van der Waals surface area (Å²) in [5, 5.41) is 2.71. The molecule has 1 aromatic rings. The number of carbonyl (C=O) groups is 1. The van der Waals surface area contributed by atoms with Crippen LogP contribution >= 0.6 is 0 Å². The van der Waals surface area contributed by atoms with Crippen LogP contribution in [0.15, 0.2) is 18.2 Å². The number of carbonyl (C=O) groups excluding carboxylic acids is 1. The molecule has 0 aliphatic carbocycles. The molecule has 106 valence electrons. The Morgan fingerprint density at radius 3 is 2.89 bits per heavy atom. The molecule has 1 rings (SSSR count). The van der Waals surface area contributed by atoms with Gasteiger partial charge in [0.25, 0.3) is 5.91 Å². The number of hydrogen-bond acceptors (Lipinski definition) is 3. The number of nitrogens with two attached hydrogens (primary N) is 1. The molecule has 1 aromatic carbocycles. The van der Waals surface area contributed by atoms with E-state index in [0.29, 0.717) is 25.1 Å². The lowest BCUT2D eigenvalue weighted by Crippen LogP contribution is -2.37. The highest BCUT2D eigenvalue weighted by atomic mass is 19.1. The Morgan fingerprint density at radius 1 is 1.53 bits per heavy atom. The molecular weight excluding hydrogens is 247 g/mol. The van der Waals surface area contributed by atoms with Gasteiger partial charge in [0.2, 0.25) is 0 Å². The number of rotatable bonds is 7. The van der Waals surface area contributed by atoms with Crippen molar-refractivity contribution in [2.24, 2.45) is 5.73 Å². The average Bonchev–Trinajstić information content (AvgIpc) is 2.40. The maximum absolute atomic E-state index is 13.8. The van der Waals surface area contributed by atoms with Crippen LogP contribution in [0.1, 0.15) is 25.8 Å². The van der Waals surface area contributed by atoms with E-state index in [1.54, 1.807) is 19.1 Å². The Balaban J connectivity index is 2.77. The van der Waals surface area contributed by atoms with Crippen LogP contribution in [-0.4, -0.2) is 25.1 Å². The number of halogens is 1. The summed E-state index contributed by atoms with van der Waals surface area (Å²) < 4.78 is 19.2. The monoisotopic (exact) mass is 268 g/mol. The van der Waals surface area contributed by atoms with Crippen LogP contribution in [-0.2, 0) is 11.2 Å². The molecule has 0 fully saturated rings. The highest BCUT2D eigenvalue weighted by Crippen LogP contribution is 2.24. The summed E-state index contributed by atoms with van der Waals surface area (Å²) >= 11 is 0.